The molecule has 11 nitrogen and oxygen atoms in total. The minimum absolute atomic E-state index is 0.0424. The van der Waals surface area contributed by atoms with Gasteiger partial charge in [0.2, 0.25) is 17.7 Å². The lowest BCUT2D eigenvalue weighted by Gasteiger charge is -2.41. The van der Waals surface area contributed by atoms with E-state index in [0.717, 1.165) is 22.3 Å². The molecular formula is C42H48N4O7. The van der Waals surface area contributed by atoms with Gasteiger partial charge in [0.05, 0.1) is 18.8 Å². The molecule has 2 saturated heterocycles. The molecule has 0 saturated carbocycles. The normalized spacial score (nSPS) is 23.7. The van der Waals surface area contributed by atoms with E-state index in [2.05, 4.69) is 0 Å². The number of likely N-dealkylation sites (tertiary alicyclic amines) is 2. The van der Waals surface area contributed by atoms with Crippen LogP contribution in [0.25, 0.3) is 0 Å². The van der Waals surface area contributed by atoms with Crippen molar-refractivity contribution in [3.63, 3.8) is 0 Å². The molecule has 3 aromatic rings. The van der Waals surface area contributed by atoms with Gasteiger partial charge in [-0.15, -0.1) is 0 Å². The first kappa shape index (κ1) is 36.2. The van der Waals surface area contributed by atoms with Gasteiger partial charge in [0.25, 0.3) is 0 Å². The first-order chi connectivity index (χ1) is 25.4. The predicted octanol–water partition coefficient (Wildman–Crippen LogP) is 5.59. The smallest absolute Gasteiger partial charge is 0.415 e. The third-order valence-corrected chi connectivity index (χ3v) is 11.1. The molecule has 0 unspecified atom stereocenters. The van der Waals surface area contributed by atoms with E-state index in [9.17, 15) is 14.4 Å². The second-order valence-corrected chi connectivity index (χ2v) is 15.5. The second kappa shape index (κ2) is 14.7. The Labute approximate surface area is 310 Å². The molecule has 53 heavy (non-hydrogen) atoms. The van der Waals surface area contributed by atoms with Gasteiger partial charge < -0.3 is 24.2 Å². The molecule has 5 atom stereocenters. The van der Waals surface area contributed by atoms with E-state index in [-0.39, 0.29) is 24.1 Å². The fourth-order valence-electron chi connectivity index (χ4n) is 8.64. The quantitative estimate of drug-likeness (QED) is 0.305. The van der Waals surface area contributed by atoms with Gasteiger partial charge >= 0.3 is 12.1 Å². The zero-order valence-corrected chi connectivity index (χ0v) is 30.9. The van der Waals surface area contributed by atoms with Crippen molar-refractivity contribution in [1.82, 2.24) is 14.7 Å². The van der Waals surface area contributed by atoms with E-state index in [4.69, 9.17) is 9.47 Å². The van der Waals surface area contributed by atoms with Gasteiger partial charge in [-0.2, -0.15) is 0 Å². The molecule has 3 aromatic carbocycles. The Bertz CT molecular complexity index is 1890. The Morgan fingerprint density at radius 1 is 0.717 bits per heavy atom. The summed E-state index contributed by atoms with van der Waals surface area (Å²) in [6.07, 6.45) is 2.41. The number of carbonyl (C=O) groups is 5. The summed E-state index contributed by atoms with van der Waals surface area (Å²) in [7, 11) is 1.33. The van der Waals surface area contributed by atoms with Crippen LogP contribution in [0.4, 0.5) is 10.5 Å². The topological polar surface area (TPSA) is 117 Å². The molecule has 7 rings (SSSR count). The van der Waals surface area contributed by atoms with Gasteiger partial charge in [0.1, 0.15) is 23.7 Å². The number of anilines is 1. The van der Waals surface area contributed by atoms with Gasteiger partial charge in [-0.25, -0.2) is 9.59 Å². The standard InChI is InChI=1S/C42H48N4O7/c1-42(2,3)53-41(51)46-32-18-11-10-16-29(32)24-36(46)39(49)45-33(27-13-6-5-7-14-27)20-21-34(45)38(48)44-26-30-17-9-8-15-28(30)23-31(44)25-37(47)43-22-12-19-35(43)40(50)52-4/h5-11,13-18,31,33-36H,12,19-26H2,1-4H3/t31-,33+,34-,35-,36-/m1/s1. The lowest BCUT2D eigenvalue weighted by atomic mass is 9.91. The summed E-state index contributed by atoms with van der Waals surface area (Å²) in [6, 6.07) is 21.9. The number of amides is 4. The minimum Gasteiger partial charge on any atom is -0.467 e. The highest BCUT2D eigenvalue weighted by atomic mass is 16.6. The van der Waals surface area contributed by atoms with E-state index in [1.54, 1.807) is 35.5 Å². The second-order valence-electron chi connectivity index (χ2n) is 15.5. The number of hydrogen-bond acceptors (Lipinski definition) is 7. The van der Waals surface area contributed by atoms with E-state index in [0.29, 0.717) is 57.3 Å². The van der Waals surface area contributed by atoms with E-state index in [1.807, 2.05) is 78.9 Å². The molecule has 0 bridgehead atoms. The van der Waals surface area contributed by atoms with Crippen molar-refractivity contribution in [2.45, 2.75) is 108 Å². The molecule has 278 valence electrons. The summed E-state index contributed by atoms with van der Waals surface area (Å²) < 4.78 is 10.8. The van der Waals surface area contributed by atoms with Crippen molar-refractivity contribution in [3.8, 4) is 0 Å². The zero-order valence-electron chi connectivity index (χ0n) is 30.9. The average Bonchev–Trinajstić information content (AvgIpc) is 3.91. The summed E-state index contributed by atoms with van der Waals surface area (Å²) in [6.45, 7) is 6.13. The Morgan fingerprint density at radius 3 is 2.11 bits per heavy atom. The Kier molecular flexibility index (Phi) is 10.0. The maximum absolute atomic E-state index is 15.1. The summed E-state index contributed by atoms with van der Waals surface area (Å²) in [5.41, 5.74) is 3.66. The summed E-state index contributed by atoms with van der Waals surface area (Å²) in [4.78, 5) is 77.0. The average molecular weight is 721 g/mol. The highest BCUT2D eigenvalue weighted by molar-refractivity contribution is 6.02. The molecule has 4 heterocycles. The molecule has 11 heteroatoms. The van der Waals surface area contributed by atoms with Crippen molar-refractivity contribution >= 4 is 35.5 Å². The van der Waals surface area contributed by atoms with Crippen molar-refractivity contribution in [1.29, 1.82) is 0 Å². The largest absolute Gasteiger partial charge is 0.467 e. The Balaban J connectivity index is 1.23. The third kappa shape index (κ3) is 7.13. The van der Waals surface area contributed by atoms with Crippen LogP contribution in [-0.4, -0.2) is 87.9 Å². The number of nitrogens with zero attached hydrogens (tertiary/aromatic N) is 4. The van der Waals surface area contributed by atoms with Gasteiger partial charge in [0.15, 0.2) is 0 Å². The molecule has 4 amide bonds. The monoisotopic (exact) mass is 720 g/mol. The van der Waals surface area contributed by atoms with Crippen molar-refractivity contribution < 1.29 is 33.4 Å². The van der Waals surface area contributed by atoms with Gasteiger partial charge in [-0.1, -0.05) is 72.8 Å². The lowest BCUT2D eigenvalue weighted by molar-refractivity contribution is -0.153. The fourth-order valence-corrected chi connectivity index (χ4v) is 8.64. The van der Waals surface area contributed by atoms with Crippen molar-refractivity contribution in [2.24, 2.45) is 0 Å². The number of para-hydroxylation sites is 1. The number of fused-ring (bicyclic) bond motifs is 2. The van der Waals surface area contributed by atoms with Gasteiger partial charge in [-0.3, -0.25) is 19.3 Å². The van der Waals surface area contributed by atoms with Crippen LogP contribution in [0.1, 0.15) is 81.2 Å². The van der Waals surface area contributed by atoms with E-state index >= 15 is 9.59 Å². The minimum atomic E-state index is -0.910. The van der Waals surface area contributed by atoms with Gasteiger partial charge in [0, 0.05) is 32.0 Å². The van der Waals surface area contributed by atoms with E-state index in [1.165, 1.54) is 12.0 Å². The van der Waals surface area contributed by atoms with Crippen LogP contribution in [0.15, 0.2) is 78.9 Å². The zero-order chi connectivity index (χ0) is 37.4. The molecule has 4 aliphatic rings. The number of carbonyl (C=O) groups excluding carboxylic acids is 5. The van der Waals surface area contributed by atoms with Crippen LogP contribution >= 0.6 is 0 Å². The molecule has 2 fully saturated rings. The number of benzene rings is 3. The molecule has 4 aliphatic heterocycles. The first-order valence-corrected chi connectivity index (χ1v) is 18.7. The molecular weight excluding hydrogens is 672 g/mol. The Hall–Kier alpha value is -5.19. The number of ether oxygens (including phenoxy) is 2. The SMILES string of the molecule is COC(=O)[C@H]1CCCN1C(=O)C[C@H]1Cc2ccccc2CN1C(=O)[C@H]1CC[C@@H](c2ccccc2)N1C(=O)[C@H]1Cc2ccccc2N1C(=O)OC(C)(C)C. The van der Waals surface area contributed by atoms with Crippen LogP contribution in [0.3, 0.4) is 0 Å². The number of rotatable bonds is 6. The molecule has 0 radical (unpaired) electrons. The maximum Gasteiger partial charge on any atom is 0.415 e. The predicted molar refractivity (Wildman–Crippen MR) is 198 cm³/mol. The van der Waals surface area contributed by atoms with Crippen molar-refractivity contribution in [2.75, 3.05) is 18.6 Å². The number of esters is 1. The van der Waals surface area contributed by atoms with Crippen LogP contribution in [0.5, 0.6) is 0 Å². The molecule has 0 N–H and O–H groups in total. The van der Waals surface area contributed by atoms with Crippen molar-refractivity contribution in [3.05, 3.63) is 101 Å². The fraction of sp³-hybridized carbons (Fsp3) is 0.452. The van der Waals surface area contributed by atoms with E-state index < -0.39 is 47.9 Å². The van der Waals surface area contributed by atoms with Crippen LogP contribution in [-0.2, 0) is 48.0 Å². The summed E-state index contributed by atoms with van der Waals surface area (Å²) in [5.74, 6) is -1.17. The van der Waals surface area contributed by atoms with Crippen LogP contribution in [0.2, 0.25) is 0 Å². The molecule has 0 spiro atoms. The highest BCUT2D eigenvalue weighted by Crippen LogP contribution is 2.42. The summed E-state index contributed by atoms with van der Waals surface area (Å²) in [5, 5.41) is 0. The van der Waals surface area contributed by atoms with Gasteiger partial charge in [-0.05, 0) is 81.2 Å². The summed E-state index contributed by atoms with van der Waals surface area (Å²) >= 11 is 0. The highest BCUT2D eigenvalue weighted by Gasteiger charge is 2.50. The lowest BCUT2D eigenvalue weighted by Crippen LogP contribution is -2.57. The first-order valence-electron chi connectivity index (χ1n) is 18.7. The molecule has 0 aromatic heterocycles. The maximum atomic E-state index is 15.1. The number of hydrogen-bond donors (Lipinski definition) is 0. The van der Waals surface area contributed by atoms with Crippen LogP contribution < -0.4 is 4.90 Å². The van der Waals surface area contributed by atoms with Crippen LogP contribution in [0, 0.1) is 0 Å². The molecule has 0 aliphatic carbocycles. The third-order valence-electron chi connectivity index (χ3n) is 11.1. The number of methoxy groups -OCH3 is 1. The Morgan fingerprint density at radius 2 is 1.40 bits per heavy atom.